The second-order valence-corrected chi connectivity index (χ2v) is 7.49. The third kappa shape index (κ3) is 13.6. The van der Waals surface area contributed by atoms with Gasteiger partial charge in [0.2, 0.25) is 0 Å². The zero-order valence-electron chi connectivity index (χ0n) is 18.3. The van der Waals surface area contributed by atoms with Crippen molar-refractivity contribution in [1.82, 2.24) is 0 Å². The Hall–Kier alpha value is -2.14. The summed E-state index contributed by atoms with van der Waals surface area (Å²) in [5.41, 5.74) is 1.36. The highest BCUT2D eigenvalue weighted by Gasteiger charge is 2.19. The molecule has 0 radical (unpaired) electrons. The Labute approximate surface area is 175 Å². The first-order valence-corrected chi connectivity index (χ1v) is 10.6. The van der Waals surface area contributed by atoms with Crippen molar-refractivity contribution >= 4 is 11.9 Å². The summed E-state index contributed by atoms with van der Waals surface area (Å²) in [5.74, 6) is -2.44. The predicted octanol–water partition coefficient (Wildman–Crippen LogP) is 6.37. The van der Waals surface area contributed by atoms with Gasteiger partial charge in [-0.25, -0.2) is 9.59 Å². The number of carboxylic acids is 2. The molecule has 0 saturated heterocycles. The maximum Gasteiger partial charge on any atom is 0.336 e. The minimum atomic E-state index is -1.22. The summed E-state index contributed by atoms with van der Waals surface area (Å²) < 4.78 is 5.58. The molecule has 0 atom stereocenters. The first-order chi connectivity index (χ1) is 13.8. The summed E-state index contributed by atoms with van der Waals surface area (Å²) in [6.45, 7) is 10.8. The molecule has 0 fully saturated rings. The Morgan fingerprint density at radius 2 is 1.45 bits per heavy atom. The number of allylic oxidation sites excluding steroid dienone is 1. The van der Waals surface area contributed by atoms with Gasteiger partial charge in [0.15, 0.2) is 0 Å². The van der Waals surface area contributed by atoms with Crippen LogP contribution in [-0.2, 0) is 11.2 Å². The molecule has 0 aromatic heterocycles. The van der Waals surface area contributed by atoms with Gasteiger partial charge in [-0.15, -0.1) is 6.58 Å². The maximum absolute atomic E-state index is 11.3. The van der Waals surface area contributed by atoms with Crippen molar-refractivity contribution in [2.75, 3.05) is 13.2 Å². The van der Waals surface area contributed by atoms with E-state index >= 15 is 0 Å². The van der Waals surface area contributed by atoms with Crippen molar-refractivity contribution in [3.8, 4) is 0 Å². The van der Waals surface area contributed by atoms with Gasteiger partial charge in [0.1, 0.15) is 0 Å². The van der Waals surface area contributed by atoms with Crippen LogP contribution in [0.4, 0.5) is 0 Å². The average molecular weight is 407 g/mol. The van der Waals surface area contributed by atoms with Gasteiger partial charge in [-0.3, -0.25) is 0 Å². The number of benzene rings is 1. The fourth-order valence-corrected chi connectivity index (χ4v) is 2.86. The first-order valence-electron chi connectivity index (χ1n) is 10.6. The van der Waals surface area contributed by atoms with Gasteiger partial charge in [-0.1, -0.05) is 69.6 Å². The molecule has 5 nitrogen and oxygen atoms in total. The smallest absolute Gasteiger partial charge is 0.336 e. The van der Waals surface area contributed by atoms with Crippen molar-refractivity contribution in [2.45, 2.75) is 78.6 Å². The summed E-state index contributed by atoms with van der Waals surface area (Å²) in [6.07, 6.45) is 10.3. The molecule has 1 rings (SSSR count). The third-order valence-corrected chi connectivity index (χ3v) is 4.25. The fraction of sp³-hybridized carbons (Fsp3) is 0.583. The lowest BCUT2D eigenvalue weighted by atomic mass is 9.99. The van der Waals surface area contributed by atoms with Crippen LogP contribution in [0.15, 0.2) is 30.4 Å². The largest absolute Gasteiger partial charge is 0.478 e. The SMILES string of the molecule is C=C(C)C.CCCCCCCCCCOCCc1cccc(C(=O)O)c1C(=O)O. The molecule has 1 aromatic rings. The summed E-state index contributed by atoms with van der Waals surface area (Å²) in [6, 6.07) is 4.54. The zero-order chi connectivity index (χ0) is 22.1. The lowest BCUT2D eigenvalue weighted by molar-refractivity contribution is 0.0649. The van der Waals surface area contributed by atoms with E-state index < -0.39 is 11.9 Å². The Morgan fingerprint density at radius 3 is 1.97 bits per heavy atom. The van der Waals surface area contributed by atoms with E-state index in [1.54, 1.807) is 12.1 Å². The van der Waals surface area contributed by atoms with E-state index in [-0.39, 0.29) is 11.1 Å². The van der Waals surface area contributed by atoms with E-state index in [9.17, 15) is 14.7 Å². The minimum absolute atomic E-state index is 0.134. The van der Waals surface area contributed by atoms with Crippen LogP contribution in [0.3, 0.4) is 0 Å². The number of hydrogen-bond acceptors (Lipinski definition) is 3. The van der Waals surface area contributed by atoms with Gasteiger partial charge in [-0.2, -0.15) is 0 Å². The molecule has 29 heavy (non-hydrogen) atoms. The number of ether oxygens (including phenoxy) is 1. The second-order valence-electron chi connectivity index (χ2n) is 7.49. The molecule has 0 unspecified atom stereocenters. The number of aromatic carboxylic acids is 2. The van der Waals surface area contributed by atoms with Crippen LogP contribution in [0.5, 0.6) is 0 Å². The molecule has 164 valence electrons. The molecule has 0 aliphatic heterocycles. The molecule has 0 aliphatic rings. The minimum Gasteiger partial charge on any atom is -0.478 e. The Bertz CT molecular complexity index is 618. The normalized spacial score (nSPS) is 10.2. The Balaban J connectivity index is 0.00000178. The van der Waals surface area contributed by atoms with Crippen molar-refractivity contribution in [3.63, 3.8) is 0 Å². The van der Waals surface area contributed by atoms with Gasteiger partial charge in [-0.05, 0) is 38.3 Å². The molecular formula is C24H38O5. The lowest BCUT2D eigenvalue weighted by Crippen LogP contribution is -2.13. The van der Waals surface area contributed by atoms with Gasteiger partial charge >= 0.3 is 11.9 Å². The van der Waals surface area contributed by atoms with Crippen molar-refractivity contribution in [3.05, 3.63) is 47.0 Å². The van der Waals surface area contributed by atoms with Crippen molar-refractivity contribution < 1.29 is 24.5 Å². The van der Waals surface area contributed by atoms with Crippen LogP contribution in [-0.4, -0.2) is 35.4 Å². The Kier molecular flexibility index (Phi) is 15.5. The maximum atomic E-state index is 11.3. The molecule has 0 saturated carbocycles. The van der Waals surface area contributed by atoms with E-state index in [1.807, 2.05) is 13.8 Å². The van der Waals surface area contributed by atoms with Crippen LogP contribution in [0.25, 0.3) is 0 Å². The highest BCUT2D eigenvalue weighted by Crippen LogP contribution is 2.16. The van der Waals surface area contributed by atoms with Gasteiger partial charge in [0.05, 0.1) is 17.7 Å². The van der Waals surface area contributed by atoms with Crippen molar-refractivity contribution in [1.29, 1.82) is 0 Å². The molecule has 5 heteroatoms. The molecule has 2 N–H and O–H groups in total. The van der Waals surface area contributed by atoms with Crippen LogP contribution in [0.1, 0.15) is 98.4 Å². The van der Waals surface area contributed by atoms with Crippen LogP contribution in [0.2, 0.25) is 0 Å². The van der Waals surface area contributed by atoms with E-state index in [0.29, 0.717) is 25.2 Å². The average Bonchev–Trinajstić information content (AvgIpc) is 2.65. The molecule has 0 bridgehead atoms. The van der Waals surface area contributed by atoms with E-state index in [2.05, 4.69) is 13.5 Å². The first kappa shape index (κ1) is 26.9. The quantitative estimate of drug-likeness (QED) is 0.277. The molecule has 0 spiro atoms. The number of carboxylic acid groups (broad SMARTS) is 2. The highest BCUT2D eigenvalue weighted by atomic mass is 16.5. The van der Waals surface area contributed by atoms with E-state index in [0.717, 1.165) is 12.8 Å². The van der Waals surface area contributed by atoms with E-state index in [1.165, 1.54) is 50.2 Å². The van der Waals surface area contributed by atoms with Crippen LogP contribution in [0, 0.1) is 0 Å². The second kappa shape index (κ2) is 16.8. The van der Waals surface area contributed by atoms with Gasteiger partial charge < -0.3 is 14.9 Å². The number of rotatable bonds is 14. The van der Waals surface area contributed by atoms with Crippen LogP contribution >= 0.6 is 0 Å². The number of carbonyl (C=O) groups is 2. The molecule has 0 amide bonds. The third-order valence-electron chi connectivity index (χ3n) is 4.25. The summed E-state index contributed by atoms with van der Waals surface area (Å²) in [5, 5.41) is 18.4. The van der Waals surface area contributed by atoms with Gasteiger partial charge in [0.25, 0.3) is 0 Å². The van der Waals surface area contributed by atoms with Gasteiger partial charge in [0, 0.05) is 6.61 Å². The molecule has 0 aliphatic carbocycles. The number of hydrogen-bond donors (Lipinski definition) is 2. The summed E-state index contributed by atoms with van der Waals surface area (Å²) in [4.78, 5) is 22.5. The van der Waals surface area contributed by atoms with E-state index in [4.69, 9.17) is 9.84 Å². The molecule has 1 aromatic carbocycles. The standard InChI is InChI=1S/C20H30O5.C4H8/c1-2-3-4-5-6-7-8-9-14-25-15-13-16-11-10-12-17(19(21)22)18(16)20(23)24;1-4(2)3/h10-12H,2-9,13-15H2,1H3,(H,21,22)(H,23,24);1H2,2-3H3. The summed E-state index contributed by atoms with van der Waals surface area (Å²) >= 11 is 0. The van der Waals surface area contributed by atoms with Crippen LogP contribution < -0.4 is 0 Å². The summed E-state index contributed by atoms with van der Waals surface area (Å²) in [7, 11) is 0. The number of unbranched alkanes of at least 4 members (excludes halogenated alkanes) is 7. The monoisotopic (exact) mass is 406 g/mol. The predicted molar refractivity (Wildman–Crippen MR) is 118 cm³/mol. The highest BCUT2D eigenvalue weighted by molar-refractivity contribution is 6.02. The zero-order valence-corrected chi connectivity index (χ0v) is 18.3. The van der Waals surface area contributed by atoms with Crippen molar-refractivity contribution in [2.24, 2.45) is 0 Å². The Morgan fingerprint density at radius 1 is 0.897 bits per heavy atom. The topological polar surface area (TPSA) is 83.8 Å². The fourth-order valence-electron chi connectivity index (χ4n) is 2.86. The molecular weight excluding hydrogens is 368 g/mol. The lowest BCUT2D eigenvalue weighted by Gasteiger charge is -2.09. The molecule has 0 heterocycles.